The first-order chi connectivity index (χ1) is 9.97. The maximum Gasteiger partial charge on any atom is 0.233 e. The lowest BCUT2D eigenvalue weighted by atomic mass is 10.2. The molecule has 0 saturated heterocycles. The normalized spacial score (nSPS) is 11.5. The highest BCUT2D eigenvalue weighted by molar-refractivity contribution is 7.93. The molecule has 0 aliphatic heterocycles. The van der Waals surface area contributed by atoms with Crippen molar-refractivity contribution in [3.63, 3.8) is 0 Å². The highest BCUT2D eigenvalue weighted by Crippen LogP contribution is 2.14. The van der Waals surface area contributed by atoms with Crippen LogP contribution in [0.25, 0.3) is 11.3 Å². The largest absolute Gasteiger partial charge is 0.264 e. The molecule has 0 bridgehead atoms. The molecule has 8 heteroatoms. The van der Waals surface area contributed by atoms with Crippen LogP contribution in [0.4, 0.5) is 0 Å². The maximum atomic E-state index is 11.0. The van der Waals surface area contributed by atoms with Crippen molar-refractivity contribution in [2.24, 2.45) is 5.14 Å². The third-order valence-corrected chi connectivity index (χ3v) is 4.00. The van der Waals surface area contributed by atoms with E-state index in [1.165, 1.54) is 0 Å². The highest BCUT2D eigenvalue weighted by Gasteiger charge is 2.08. The van der Waals surface area contributed by atoms with Gasteiger partial charge in [0.25, 0.3) is 0 Å². The number of primary sulfonamides is 1. The van der Waals surface area contributed by atoms with Gasteiger partial charge in [0.05, 0.1) is 11.1 Å². The molecular weight excluding hydrogens is 290 g/mol. The van der Waals surface area contributed by atoms with E-state index < -0.39 is 10.0 Å². The quantitative estimate of drug-likeness (QED) is 0.777. The molecule has 2 aromatic heterocycles. The van der Waals surface area contributed by atoms with Crippen LogP contribution in [0.3, 0.4) is 0 Å². The van der Waals surface area contributed by atoms with Gasteiger partial charge in [0.1, 0.15) is 5.69 Å². The second-order valence-corrected chi connectivity index (χ2v) is 6.32. The highest BCUT2D eigenvalue weighted by atomic mass is 32.2. The summed E-state index contributed by atoms with van der Waals surface area (Å²) in [5.74, 6) is 0. The van der Waals surface area contributed by atoms with Gasteiger partial charge in [-0.05, 0) is 31.4 Å². The van der Waals surface area contributed by atoms with E-state index >= 15 is 0 Å². The van der Waals surface area contributed by atoms with Gasteiger partial charge in [-0.15, -0.1) is 5.10 Å². The molecule has 0 aliphatic carbocycles. The zero-order valence-electron chi connectivity index (χ0n) is 11.5. The number of aromatic nitrogens is 4. The van der Waals surface area contributed by atoms with Gasteiger partial charge in [0.15, 0.2) is 0 Å². The van der Waals surface area contributed by atoms with E-state index in [1.807, 2.05) is 18.3 Å². The van der Waals surface area contributed by atoms with Crippen LogP contribution in [-0.2, 0) is 16.6 Å². The number of unbranched alkanes of at least 4 members (excludes halogenated alkanes) is 1. The van der Waals surface area contributed by atoms with Crippen LogP contribution < -0.4 is 5.14 Å². The van der Waals surface area contributed by atoms with Crippen molar-refractivity contribution in [3.05, 3.63) is 42.2 Å². The van der Waals surface area contributed by atoms with Crippen LogP contribution in [0, 0.1) is 0 Å². The Bertz CT molecular complexity index is 709. The number of pyridine rings is 1. The van der Waals surface area contributed by atoms with Gasteiger partial charge in [-0.2, -0.15) is 0 Å². The smallest absolute Gasteiger partial charge is 0.233 e. The zero-order valence-corrected chi connectivity index (χ0v) is 12.3. The summed E-state index contributed by atoms with van der Waals surface area (Å²) in [4.78, 5) is 4.10. The fourth-order valence-corrected chi connectivity index (χ4v) is 2.22. The number of hydrogen-bond donors (Lipinski definition) is 1. The lowest BCUT2D eigenvalue weighted by Crippen LogP contribution is -2.13. The van der Waals surface area contributed by atoms with E-state index in [2.05, 4.69) is 21.9 Å². The summed E-state index contributed by atoms with van der Waals surface area (Å²) in [5, 5.41) is 13.1. The minimum atomic E-state index is -3.62. The van der Waals surface area contributed by atoms with Gasteiger partial charge in [-0.25, -0.2) is 13.6 Å². The maximum absolute atomic E-state index is 11.0. The third-order valence-electron chi connectivity index (χ3n) is 2.99. The minimum Gasteiger partial charge on any atom is -0.264 e. The molecule has 0 unspecified atom stereocenters. The topological polar surface area (TPSA) is 104 Å². The molecule has 0 saturated carbocycles. The Morgan fingerprint density at radius 1 is 1.38 bits per heavy atom. The van der Waals surface area contributed by atoms with Crippen LogP contribution in [0.1, 0.15) is 19.3 Å². The first-order valence-electron chi connectivity index (χ1n) is 6.48. The number of hydrogen-bond acceptors (Lipinski definition) is 5. The number of allylic oxidation sites excluding steroid dienone is 1. The molecule has 2 heterocycles. The van der Waals surface area contributed by atoms with Gasteiger partial charge in [0, 0.05) is 24.5 Å². The molecule has 112 valence electrons. The van der Waals surface area contributed by atoms with E-state index in [0.29, 0.717) is 19.4 Å². The lowest BCUT2D eigenvalue weighted by molar-refractivity contribution is 0.541. The molecule has 0 aromatic carbocycles. The Morgan fingerprint density at radius 2 is 2.19 bits per heavy atom. The van der Waals surface area contributed by atoms with E-state index in [9.17, 15) is 8.42 Å². The third kappa shape index (κ3) is 4.47. The van der Waals surface area contributed by atoms with Gasteiger partial charge < -0.3 is 0 Å². The standard InChI is InChI=1S/C13H17N5O2S/c1-11(21(14,19)20)5-2-3-8-18-10-13(16-17-18)12-6-4-7-15-9-12/h4,6-7,9-10H,1-3,5,8H2,(H2,14,19,20). The lowest BCUT2D eigenvalue weighted by Gasteiger charge is -2.03. The molecule has 0 radical (unpaired) electrons. The second-order valence-electron chi connectivity index (χ2n) is 4.65. The summed E-state index contributed by atoms with van der Waals surface area (Å²) in [6, 6.07) is 3.75. The van der Waals surface area contributed by atoms with Crippen molar-refractivity contribution in [1.82, 2.24) is 20.0 Å². The average molecular weight is 307 g/mol. The van der Waals surface area contributed by atoms with Crippen molar-refractivity contribution in [2.75, 3.05) is 0 Å². The molecule has 0 spiro atoms. The van der Waals surface area contributed by atoms with Gasteiger partial charge in [-0.1, -0.05) is 11.8 Å². The van der Waals surface area contributed by atoms with Gasteiger partial charge >= 0.3 is 0 Å². The van der Waals surface area contributed by atoms with Crippen LogP contribution in [-0.4, -0.2) is 28.4 Å². The predicted octanol–water partition coefficient (Wildman–Crippen LogP) is 1.31. The van der Waals surface area contributed by atoms with Crippen molar-refractivity contribution in [1.29, 1.82) is 0 Å². The molecule has 0 fully saturated rings. The Labute approximate surface area is 123 Å². The number of rotatable bonds is 7. The van der Waals surface area contributed by atoms with E-state index in [4.69, 9.17) is 5.14 Å². The monoisotopic (exact) mass is 307 g/mol. The first kappa shape index (κ1) is 15.3. The van der Waals surface area contributed by atoms with Gasteiger partial charge in [0.2, 0.25) is 10.0 Å². The molecule has 2 rings (SSSR count). The molecule has 0 aliphatic rings. The summed E-state index contributed by atoms with van der Waals surface area (Å²) in [6.45, 7) is 4.12. The fourth-order valence-electron chi connectivity index (χ4n) is 1.79. The molecule has 2 N–H and O–H groups in total. The summed E-state index contributed by atoms with van der Waals surface area (Å²) < 4.78 is 23.7. The Morgan fingerprint density at radius 3 is 2.86 bits per heavy atom. The number of nitrogens with zero attached hydrogens (tertiary/aromatic N) is 4. The van der Waals surface area contributed by atoms with E-state index in [-0.39, 0.29) is 4.91 Å². The second kappa shape index (κ2) is 6.59. The Balaban J connectivity index is 1.83. The zero-order chi connectivity index (χ0) is 15.3. The van der Waals surface area contributed by atoms with Crippen LogP contribution in [0.2, 0.25) is 0 Å². The van der Waals surface area contributed by atoms with E-state index in [1.54, 1.807) is 17.1 Å². The van der Waals surface area contributed by atoms with E-state index in [0.717, 1.165) is 17.7 Å². The molecular formula is C13H17N5O2S. The number of nitrogens with two attached hydrogens (primary N) is 1. The Hall–Kier alpha value is -2.06. The molecule has 21 heavy (non-hydrogen) atoms. The summed E-state index contributed by atoms with van der Waals surface area (Å²) in [7, 11) is -3.62. The SMILES string of the molecule is C=C(CCCCn1cc(-c2cccnc2)nn1)S(N)(=O)=O. The van der Waals surface area contributed by atoms with Crippen LogP contribution >= 0.6 is 0 Å². The first-order valence-corrected chi connectivity index (χ1v) is 8.02. The molecule has 7 nitrogen and oxygen atoms in total. The van der Waals surface area contributed by atoms with Crippen molar-refractivity contribution >= 4 is 10.0 Å². The van der Waals surface area contributed by atoms with Crippen molar-refractivity contribution < 1.29 is 8.42 Å². The van der Waals surface area contributed by atoms with Crippen LogP contribution in [0.15, 0.2) is 42.2 Å². The molecule has 0 amide bonds. The van der Waals surface area contributed by atoms with Crippen molar-refractivity contribution in [3.8, 4) is 11.3 Å². The Kier molecular flexibility index (Phi) is 4.81. The summed E-state index contributed by atoms with van der Waals surface area (Å²) in [5.41, 5.74) is 1.67. The van der Waals surface area contributed by atoms with Crippen molar-refractivity contribution in [2.45, 2.75) is 25.8 Å². The summed E-state index contributed by atoms with van der Waals surface area (Å²) >= 11 is 0. The fraction of sp³-hybridized carbons (Fsp3) is 0.308. The predicted molar refractivity (Wildman–Crippen MR) is 79.4 cm³/mol. The molecule has 2 aromatic rings. The minimum absolute atomic E-state index is 0.0668. The van der Waals surface area contributed by atoms with Gasteiger partial charge in [-0.3, -0.25) is 9.67 Å². The average Bonchev–Trinajstić information content (AvgIpc) is 2.92. The number of sulfonamides is 1. The van der Waals surface area contributed by atoms with Crippen LogP contribution in [0.5, 0.6) is 0 Å². The summed E-state index contributed by atoms with van der Waals surface area (Å²) in [6.07, 6.45) is 7.08. The molecule has 0 atom stereocenters. The number of aryl methyl sites for hydroxylation is 1.